The van der Waals surface area contributed by atoms with Crippen LogP contribution in [-0.4, -0.2) is 15.2 Å². The summed E-state index contributed by atoms with van der Waals surface area (Å²) < 4.78 is 0. The summed E-state index contributed by atoms with van der Waals surface area (Å²) in [5, 5.41) is 21.0. The van der Waals surface area contributed by atoms with Crippen molar-refractivity contribution in [1.82, 2.24) is 4.98 Å². The van der Waals surface area contributed by atoms with Gasteiger partial charge in [-0.1, -0.05) is 41.9 Å². The Morgan fingerprint density at radius 2 is 1.57 bits per heavy atom. The van der Waals surface area contributed by atoms with Gasteiger partial charge in [-0.3, -0.25) is 0 Å². The molecule has 1 aliphatic carbocycles. The molecular weight excluding hydrogens is 370 g/mol. The molecule has 136 valence electrons. The number of hydrogen-bond acceptors (Lipinski definition) is 3. The number of aromatic hydroxyl groups is 2. The van der Waals surface area contributed by atoms with Gasteiger partial charge < -0.3 is 10.2 Å². The standard InChI is InChI=1S/C24H16ClNO2/c25-16-8-5-14(6-9-16)19-13-22(18-3-1-2-4-23(18)28)26-24-20-12-17(27)10-7-15(20)11-21(19)24/h1-10,12-13,27-28H,11H2. The van der Waals surface area contributed by atoms with Crippen molar-refractivity contribution in [3.05, 3.63) is 88.9 Å². The lowest BCUT2D eigenvalue weighted by Gasteiger charge is -2.13. The number of hydrogen-bond donors (Lipinski definition) is 2. The van der Waals surface area contributed by atoms with E-state index in [0.717, 1.165) is 39.9 Å². The summed E-state index contributed by atoms with van der Waals surface area (Å²) in [4.78, 5) is 4.87. The van der Waals surface area contributed by atoms with Gasteiger partial charge in [0.15, 0.2) is 0 Å². The topological polar surface area (TPSA) is 53.4 Å². The number of fused-ring (bicyclic) bond motifs is 3. The SMILES string of the molecule is Oc1ccc2c(c1)-c1nc(-c3ccccc3O)cc(-c3ccc(Cl)cc3)c1C2. The van der Waals surface area contributed by atoms with Crippen LogP contribution >= 0.6 is 11.6 Å². The normalized spacial score (nSPS) is 11.9. The summed E-state index contributed by atoms with van der Waals surface area (Å²) in [6, 6.07) is 22.3. The second kappa shape index (κ2) is 6.39. The Balaban J connectivity index is 1.80. The average molecular weight is 386 g/mol. The molecule has 4 aromatic rings. The Hall–Kier alpha value is -3.30. The molecule has 0 atom stereocenters. The molecule has 0 fully saturated rings. The number of rotatable bonds is 2. The van der Waals surface area contributed by atoms with E-state index >= 15 is 0 Å². The molecule has 0 spiro atoms. The minimum absolute atomic E-state index is 0.186. The van der Waals surface area contributed by atoms with Crippen LogP contribution in [0.15, 0.2) is 72.8 Å². The van der Waals surface area contributed by atoms with Crippen LogP contribution in [-0.2, 0) is 6.42 Å². The van der Waals surface area contributed by atoms with Crippen molar-refractivity contribution in [1.29, 1.82) is 0 Å². The van der Waals surface area contributed by atoms with Gasteiger partial charge in [-0.15, -0.1) is 0 Å². The number of aromatic nitrogens is 1. The highest BCUT2D eigenvalue weighted by molar-refractivity contribution is 6.30. The quantitative estimate of drug-likeness (QED) is 0.389. The first-order valence-electron chi connectivity index (χ1n) is 9.00. The monoisotopic (exact) mass is 385 g/mol. The summed E-state index contributed by atoms with van der Waals surface area (Å²) in [5.41, 5.74) is 7.48. The van der Waals surface area contributed by atoms with Gasteiger partial charge in [-0.25, -0.2) is 4.98 Å². The van der Waals surface area contributed by atoms with Crippen LogP contribution in [0.4, 0.5) is 0 Å². The van der Waals surface area contributed by atoms with Crippen molar-refractivity contribution in [2.45, 2.75) is 6.42 Å². The van der Waals surface area contributed by atoms with E-state index in [0.29, 0.717) is 16.3 Å². The molecule has 5 rings (SSSR count). The number of phenols is 2. The van der Waals surface area contributed by atoms with Crippen LogP contribution in [0.3, 0.4) is 0 Å². The van der Waals surface area contributed by atoms with Crippen LogP contribution in [0.25, 0.3) is 33.6 Å². The molecule has 2 N–H and O–H groups in total. The summed E-state index contributed by atoms with van der Waals surface area (Å²) in [5.74, 6) is 0.403. The van der Waals surface area contributed by atoms with Gasteiger partial charge in [0.2, 0.25) is 0 Å². The van der Waals surface area contributed by atoms with Crippen molar-refractivity contribution in [2.75, 3.05) is 0 Å². The summed E-state index contributed by atoms with van der Waals surface area (Å²) in [7, 11) is 0. The fraction of sp³-hybridized carbons (Fsp3) is 0.0417. The minimum atomic E-state index is 0.186. The fourth-order valence-corrected chi connectivity index (χ4v) is 3.94. The van der Waals surface area contributed by atoms with Gasteiger partial charge in [-0.05, 0) is 64.7 Å². The molecule has 0 amide bonds. The molecule has 0 bridgehead atoms. The van der Waals surface area contributed by atoms with Crippen LogP contribution in [0.2, 0.25) is 5.02 Å². The van der Waals surface area contributed by atoms with Crippen LogP contribution in [0, 0.1) is 0 Å². The Kier molecular flexibility index (Phi) is 3.85. The van der Waals surface area contributed by atoms with Crippen LogP contribution in [0.1, 0.15) is 11.1 Å². The molecule has 1 aromatic heterocycles. The van der Waals surface area contributed by atoms with Gasteiger partial charge in [0.05, 0.1) is 11.4 Å². The Morgan fingerprint density at radius 1 is 0.786 bits per heavy atom. The summed E-state index contributed by atoms with van der Waals surface area (Å²) in [6.07, 6.45) is 0.747. The van der Waals surface area contributed by atoms with E-state index < -0.39 is 0 Å². The largest absolute Gasteiger partial charge is 0.508 e. The molecule has 4 heteroatoms. The molecule has 0 unspecified atom stereocenters. The highest BCUT2D eigenvalue weighted by Crippen LogP contribution is 2.44. The van der Waals surface area contributed by atoms with Gasteiger partial charge in [-0.2, -0.15) is 0 Å². The number of pyridine rings is 1. The minimum Gasteiger partial charge on any atom is -0.508 e. The third kappa shape index (κ3) is 2.72. The highest BCUT2D eigenvalue weighted by atomic mass is 35.5. The number of phenolic OH excluding ortho intramolecular Hbond substituents is 2. The maximum absolute atomic E-state index is 10.4. The number of nitrogens with zero attached hydrogens (tertiary/aromatic N) is 1. The van der Waals surface area contributed by atoms with E-state index in [1.165, 1.54) is 0 Å². The summed E-state index contributed by atoms with van der Waals surface area (Å²) in [6.45, 7) is 0. The zero-order chi connectivity index (χ0) is 19.3. The maximum Gasteiger partial charge on any atom is 0.124 e. The number of benzene rings is 3. The van der Waals surface area contributed by atoms with Crippen molar-refractivity contribution in [3.8, 4) is 45.1 Å². The Bertz CT molecular complexity index is 1220. The first-order valence-corrected chi connectivity index (χ1v) is 9.38. The van der Waals surface area contributed by atoms with E-state index in [2.05, 4.69) is 0 Å². The predicted octanol–water partition coefficient (Wildman–Crippen LogP) is 6.05. The van der Waals surface area contributed by atoms with Crippen LogP contribution < -0.4 is 0 Å². The van der Waals surface area contributed by atoms with Crippen molar-refractivity contribution >= 4 is 11.6 Å². The van der Waals surface area contributed by atoms with Gasteiger partial charge in [0.25, 0.3) is 0 Å². The molecular formula is C24H16ClNO2. The third-order valence-corrected chi connectivity index (χ3v) is 5.43. The summed E-state index contributed by atoms with van der Waals surface area (Å²) >= 11 is 6.08. The molecule has 3 nitrogen and oxygen atoms in total. The van der Waals surface area contributed by atoms with E-state index in [4.69, 9.17) is 16.6 Å². The smallest absolute Gasteiger partial charge is 0.124 e. The molecule has 28 heavy (non-hydrogen) atoms. The van der Waals surface area contributed by atoms with Crippen molar-refractivity contribution < 1.29 is 10.2 Å². The maximum atomic E-state index is 10.4. The molecule has 1 aliphatic rings. The third-order valence-electron chi connectivity index (χ3n) is 5.18. The van der Waals surface area contributed by atoms with E-state index in [1.54, 1.807) is 24.3 Å². The molecule has 0 saturated carbocycles. The lowest BCUT2D eigenvalue weighted by molar-refractivity contribution is 0.475. The van der Waals surface area contributed by atoms with Gasteiger partial charge in [0.1, 0.15) is 11.5 Å². The fourth-order valence-electron chi connectivity index (χ4n) is 3.82. The lowest BCUT2D eigenvalue weighted by atomic mass is 9.96. The molecule has 0 radical (unpaired) electrons. The number of para-hydroxylation sites is 1. The highest BCUT2D eigenvalue weighted by Gasteiger charge is 2.25. The predicted molar refractivity (Wildman–Crippen MR) is 112 cm³/mol. The van der Waals surface area contributed by atoms with Gasteiger partial charge >= 0.3 is 0 Å². The lowest BCUT2D eigenvalue weighted by Crippen LogP contribution is -1.94. The van der Waals surface area contributed by atoms with Crippen molar-refractivity contribution in [2.24, 2.45) is 0 Å². The van der Waals surface area contributed by atoms with Crippen LogP contribution in [0.5, 0.6) is 11.5 Å². The van der Waals surface area contributed by atoms with E-state index in [9.17, 15) is 10.2 Å². The second-order valence-electron chi connectivity index (χ2n) is 6.92. The zero-order valence-electron chi connectivity index (χ0n) is 14.9. The first-order chi connectivity index (χ1) is 13.6. The Morgan fingerprint density at radius 3 is 2.36 bits per heavy atom. The molecule has 3 aromatic carbocycles. The van der Waals surface area contributed by atoms with Gasteiger partial charge in [0, 0.05) is 22.6 Å². The molecule has 0 aliphatic heterocycles. The van der Waals surface area contributed by atoms with Crippen molar-refractivity contribution in [3.63, 3.8) is 0 Å². The first kappa shape index (κ1) is 16.8. The van der Waals surface area contributed by atoms with E-state index in [-0.39, 0.29) is 11.5 Å². The average Bonchev–Trinajstić information content (AvgIpc) is 3.06. The molecule has 1 heterocycles. The number of halogens is 1. The Labute approximate surface area is 167 Å². The zero-order valence-corrected chi connectivity index (χ0v) is 15.6. The second-order valence-corrected chi connectivity index (χ2v) is 7.36. The van der Waals surface area contributed by atoms with E-state index in [1.807, 2.05) is 48.5 Å². The molecule has 0 saturated heterocycles.